The van der Waals surface area contributed by atoms with Crippen LogP contribution in [-0.2, 0) is 4.79 Å². The van der Waals surface area contributed by atoms with Crippen molar-refractivity contribution in [2.24, 2.45) is 5.92 Å². The number of hydrogen-bond donors (Lipinski definition) is 1. The van der Waals surface area contributed by atoms with E-state index in [0.717, 1.165) is 0 Å². The van der Waals surface area contributed by atoms with Crippen molar-refractivity contribution < 1.29 is 4.79 Å². The van der Waals surface area contributed by atoms with Gasteiger partial charge < -0.3 is 0 Å². The third-order valence-corrected chi connectivity index (χ3v) is 1.87. The fourth-order valence-corrected chi connectivity index (χ4v) is 1.20. The summed E-state index contributed by atoms with van der Waals surface area (Å²) in [6.07, 6.45) is 4.49. The van der Waals surface area contributed by atoms with Crippen LogP contribution in [0.25, 0.3) is 0 Å². The van der Waals surface area contributed by atoms with E-state index in [4.69, 9.17) is 0 Å². The number of rotatable bonds is 2. The lowest BCUT2D eigenvalue weighted by Gasteiger charge is -2.23. The minimum Gasteiger partial charge on any atom is -0.287 e. The second kappa shape index (κ2) is 2.53. The van der Waals surface area contributed by atoms with Gasteiger partial charge in [-0.15, -0.1) is 12.6 Å². The van der Waals surface area contributed by atoms with E-state index < -0.39 is 0 Å². The molecular formula is C6H10OS. The molecule has 0 aliphatic heterocycles. The Morgan fingerprint density at radius 1 is 1.62 bits per heavy atom. The van der Waals surface area contributed by atoms with E-state index in [-0.39, 0.29) is 5.12 Å². The lowest BCUT2D eigenvalue weighted by molar-refractivity contribution is -0.112. The largest absolute Gasteiger partial charge is 0.287 e. The molecule has 0 aromatic carbocycles. The van der Waals surface area contributed by atoms with Gasteiger partial charge in [-0.25, -0.2) is 0 Å². The number of thiol groups is 1. The van der Waals surface area contributed by atoms with Crippen LogP contribution in [0, 0.1) is 5.92 Å². The summed E-state index contributed by atoms with van der Waals surface area (Å²) in [4.78, 5) is 10.3. The van der Waals surface area contributed by atoms with E-state index in [0.29, 0.717) is 12.3 Å². The molecule has 1 aliphatic carbocycles. The first kappa shape index (κ1) is 6.14. The molecule has 0 bridgehead atoms. The highest BCUT2D eigenvalue weighted by molar-refractivity contribution is 7.96. The van der Waals surface area contributed by atoms with Crippen molar-refractivity contribution in [2.45, 2.75) is 25.7 Å². The molecule has 0 unspecified atom stereocenters. The third kappa shape index (κ3) is 1.51. The topological polar surface area (TPSA) is 17.1 Å². The van der Waals surface area contributed by atoms with E-state index in [1.54, 1.807) is 0 Å². The highest BCUT2D eigenvalue weighted by Gasteiger charge is 2.18. The Morgan fingerprint density at radius 3 is 2.38 bits per heavy atom. The van der Waals surface area contributed by atoms with Crippen LogP contribution in [0.15, 0.2) is 0 Å². The Kier molecular flexibility index (Phi) is 1.95. The Morgan fingerprint density at radius 2 is 2.25 bits per heavy atom. The van der Waals surface area contributed by atoms with Crippen LogP contribution >= 0.6 is 12.6 Å². The molecule has 8 heavy (non-hydrogen) atoms. The van der Waals surface area contributed by atoms with Gasteiger partial charge in [0.15, 0.2) is 5.12 Å². The molecule has 1 rings (SSSR count). The zero-order valence-electron chi connectivity index (χ0n) is 4.76. The van der Waals surface area contributed by atoms with E-state index in [2.05, 4.69) is 12.6 Å². The van der Waals surface area contributed by atoms with Gasteiger partial charge in [0.05, 0.1) is 0 Å². The van der Waals surface area contributed by atoms with Gasteiger partial charge in [-0.05, 0) is 18.8 Å². The standard InChI is InChI=1S/C6H10OS/c7-6(8)4-5-2-1-3-5/h5H,1-4H2,(H,7,8). The quantitative estimate of drug-likeness (QED) is 0.562. The Balaban J connectivity index is 2.09. The van der Waals surface area contributed by atoms with Crippen molar-refractivity contribution in [3.8, 4) is 0 Å². The van der Waals surface area contributed by atoms with Crippen LogP contribution in [0.4, 0.5) is 0 Å². The molecule has 0 amide bonds. The fraction of sp³-hybridized carbons (Fsp3) is 0.833. The minimum atomic E-state index is 0.0506. The predicted molar refractivity (Wildman–Crippen MR) is 36.0 cm³/mol. The molecule has 0 radical (unpaired) electrons. The van der Waals surface area contributed by atoms with Gasteiger partial charge in [-0.3, -0.25) is 4.79 Å². The van der Waals surface area contributed by atoms with Crippen LogP contribution in [0.3, 0.4) is 0 Å². The zero-order chi connectivity index (χ0) is 5.98. The average molecular weight is 130 g/mol. The normalized spacial score (nSPS) is 20.1. The summed E-state index contributed by atoms with van der Waals surface area (Å²) >= 11 is 3.69. The number of carbonyl (C=O) groups is 1. The predicted octanol–water partition coefficient (Wildman–Crippen LogP) is 1.63. The molecule has 46 valence electrons. The summed E-state index contributed by atoms with van der Waals surface area (Å²) < 4.78 is 0. The van der Waals surface area contributed by atoms with Gasteiger partial charge in [-0.1, -0.05) is 6.42 Å². The molecule has 1 aliphatic rings. The van der Waals surface area contributed by atoms with Gasteiger partial charge in [-0.2, -0.15) is 0 Å². The first-order valence-electron chi connectivity index (χ1n) is 3.01. The van der Waals surface area contributed by atoms with Gasteiger partial charge in [0, 0.05) is 6.42 Å². The Labute approximate surface area is 54.9 Å². The van der Waals surface area contributed by atoms with E-state index >= 15 is 0 Å². The molecule has 1 fully saturated rings. The minimum absolute atomic E-state index is 0.0506. The average Bonchev–Trinajstić information content (AvgIpc) is 1.55. The summed E-state index contributed by atoms with van der Waals surface area (Å²) in [7, 11) is 0. The van der Waals surface area contributed by atoms with E-state index in [9.17, 15) is 4.79 Å². The SMILES string of the molecule is O=C(S)CC1CCC1. The summed E-state index contributed by atoms with van der Waals surface area (Å²) in [6, 6.07) is 0. The summed E-state index contributed by atoms with van der Waals surface area (Å²) in [5, 5.41) is 0.0506. The molecule has 0 saturated heterocycles. The van der Waals surface area contributed by atoms with Crippen LogP contribution in [0.5, 0.6) is 0 Å². The highest BCUT2D eigenvalue weighted by Crippen LogP contribution is 2.29. The van der Waals surface area contributed by atoms with Crippen LogP contribution < -0.4 is 0 Å². The molecule has 0 aromatic heterocycles. The first-order chi connectivity index (χ1) is 3.79. The van der Waals surface area contributed by atoms with Crippen LogP contribution in [-0.4, -0.2) is 5.12 Å². The molecule has 0 atom stereocenters. The first-order valence-corrected chi connectivity index (χ1v) is 3.45. The van der Waals surface area contributed by atoms with Crippen molar-refractivity contribution in [1.29, 1.82) is 0 Å². The molecule has 1 saturated carbocycles. The van der Waals surface area contributed by atoms with Crippen molar-refractivity contribution >= 4 is 17.7 Å². The lowest BCUT2D eigenvalue weighted by atomic mass is 9.83. The van der Waals surface area contributed by atoms with Crippen LogP contribution in [0.2, 0.25) is 0 Å². The molecule has 0 spiro atoms. The summed E-state index contributed by atoms with van der Waals surface area (Å²) in [6.45, 7) is 0. The summed E-state index contributed by atoms with van der Waals surface area (Å²) in [5.74, 6) is 0.681. The maximum absolute atomic E-state index is 10.3. The molecule has 0 aromatic rings. The van der Waals surface area contributed by atoms with E-state index in [1.807, 2.05) is 0 Å². The molecule has 2 heteroatoms. The molecule has 1 nitrogen and oxygen atoms in total. The lowest BCUT2D eigenvalue weighted by Crippen LogP contribution is -2.12. The second-order valence-electron chi connectivity index (χ2n) is 2.39. The molecule has 0 heterocycles. The highest BCUT2D eigenvalue weighted by atomic mass is 32.1. The van der Waals surface area contributed by atoms with Gasteiger partial charge in [0.1, 0.15) is 0 Å². The summed E-state index contributed by atoms with van der Waals surface area (Å²) in [5.41, 5.74) is 0. The van der Waals surface area contributed by atoms with Crippen molar-refractivity contribution in [1.82, 2.24) is 0 Å². The van der Waals surface area contributed by atoms with Crippen molar-refractivity contribution in [3.63, 3.8) is 0 Å². The second-order valence-corrected chi connectivity index (χ2v) is 2.89. The van der Waals surface area contributed by atoms with Gasteiger partial charge in [0.2, 0.25) is 0 Å². The smallest absolute Gasteiger partial charge is 0.186 e. The van der Waals surface area contributed by atoms with Gasteiger partial charge >= 0.3 is 0 Å². The zero-order valence-corrected chi connectivity index (χ0v) is 5.66. The fourth-order valence-electron chi connectivity index (χ4n) is 0.944. The van der Waals surface area contributed by atoms with E-state index in [1.165, 1.54) is 19.3 Å². The van der Waals surface area contributed by atoms with Crippen molar-refractivity contribution in [2.75, 3.05) is 0 Å². The Bertz CT molecular complexity index is 96.7. The molecule has 0 N–H and O–H groups in total. The third-order valence-electron chi connectivity index (χ3n) is 1.69. The van der Waals surface area contributed by atoms with Crippen LogP contribution in [0.1, 0.15) is 25.7 Å². The Hall–Kier alpha value is 0.0200. The maximum atomic E-state index is 10.3. The van der Waals surface area contributed by atoms with Gasteiger partial charge in [0.25, 0.3) is 0 Å². The number of hydrogen-bond acceptors (Lipinski definition) is 1. The van der Waals surface area contributed by atoms with Crippen molar-refractivity contribution in [3.05, 3.63) is 0 Å². The monoisotopic (exact) mass is 130 g/mol. The maximum Gasteiger partial charge on any atom is 0.186 e. The molecular weight excluding hydrogens is 120 g/mol. The number of carbonyl (C=O) groups excluding carboxylic acids is 1.